The summed E-state index contributed by atoms with van der Waals surface area (Å²) in [6, 6.07) is 11.3. The number of thiophene rings is 1. The Morgan fingerprint density at radius 1 is 1.12 bits per heavy atom. The summed E-state index contributed by atoms with van der Waals surface area (Å²) in [4.78, 5) is 11.3. The number of nitrogens with one attached hydrogen (secondary N) is 1. The van der Waals surface area contributed by atoms with Gasteiger partial charge in [0, 0.05) is 22.2 Å². The van der Waals surface area contributed by atoms with Crippen molar-refractivity contribution in [3.8, 4) is 11.1 Å². The first-order valence-corrected chi connectivity index (χ1v) is 9.74. The van der Waals surface area contributed by atoms with Crippen LogP contribution in [0.1, 0.15) is 10.4 Å². The third kappa shape index (κ3) is 3.57. The van der Waals surface area contributed by atoms with Crippen LogP contribution in [0.15, 0.2) is 52.7 Å². The molecule has 3 N–H and O–H groups in total. The average molecular weight is 377 g/mol. The molecule has 0 atom stereocenters. The monoisotopic (exact) mass is 377 g/mol. The van der Waals surface area contributed by atoms with E-state index in [1.807, 2.05) is 5.38 Å². The Morgan fingerprint density at radius 2 is 1.84 bits per heavy atom. The van der Waals surface area contributed by atoms with Gasteiger partial charge in [-0.3, -0.25) is 0 Å². The van der Waals surface area contributed by atoms with Gasteiger partial charge in [0.2, 0.25) is 10.0 Å². The molecular weight excluding hydrogens is 362 g/mol. The summed E-state index contributed by atoms with van der Waals surface area (Å²) in [5.74, 6) is -0.990. The van der Waals surface area contributed by atoms with Crippen molar-refractivity contribution >= 4 is 37.4 Å². The molecule has 1 aromatic heterocycles. The largest absolute Gasteiger partial charge is 0.478 e. The van der Waals surface area contributed by atoms with Crippen molar-refractivity contribution in [1.29, 1.82) is 0 Å². The van der Waals surface area contributed by atoms with Gasteiger partial charge in [-0.15, -0.1) is 11.3 Å². The number of carbonyl (C=O) groups is 1. The molecule has 0 aliphatic heterocycles. The predicted octanol–water partition coefficient (Wildman–Crippen LogP) is 2.54. The normalized spacial score (nSPS) is 11.7. The molecule has 0 saturated carbocycles. The third-order valence-electron chi connectivity index (χ3n) is 3.70. The van der Waals surface area contributed by atoms with Crippen LogP contribution >= 0.6 is 11.3 Å². The second-order valence-electron chi connectivity index (χ2n) is 5.31. The van der Waals surface area contributed by atoms with E-state index < -0.39 is 16.0 Å². The minimum atomic E-state index is -3.65. The fourth-order valence-electron chi connectivity index (χ4n) is 2.46. The molecule has 1 heterocycles. The zero-order chi connectivity index (χ0) is 18.0. The number of fused-ring (bicyclic) bond motifs is 1. The molecule has 0 fully saturated rings. The maximum Gasteiger partial charge on any atom is 0.335 e. The molecule has 8 heteroatoms. The first kappa shape index (κ1) is 17.6. The quantitative estimate of drug-likeness (QED) is 0.612. The lowest BCUT2D eigenvalue weighted by Gasteiger charge is -2.07. The fourth-order valence-corrected chi connectivity index (χ4v) is 4.43. The van der Waals surface area contributed by atoms with Crippen LogP contribution in [0.3, 0.4) is 0 Å². The summed E-state index contributed by atoms with van der Waals surface area (Å²) >= 11 is 1.50. The molecule has 0 radical (unpaired) electrons. The maximum atomic E-state index is 12.0. The van der Waals surface area contributed by atoms with Gasteiger partial charge in [0.25, 0.3) is 0 Å². The van der Waals surface area contributed by atoms with Crippen molar-refractivity contribution in [1.82, 2.24) is 4.72 Å². The second-order valence-corrected chi connectivity index (χ2v) is 7.99. The van der Waals surface area contributed by atoms with Gasteiger partial charge in [0.1, 0.15) is 0 Å². The molecule has 3 rings (SSSR count). The number of benzene rings is 2. The highest BCUT2D eigenvalue weighted by Gasteiger charge is 2.14. The Morgan fingerprint density at radius 3 is 2.48 bits per heavy atom. The zero-order valence-corrected chi connectivity index (χ0v) is 14.6. The van der Waals surface area contributed by atoms with Crippen LogP contribution in [0.4, 0.5) is 0 Å². The molecule has 25 heavy (non-hydrogen) atoms. The molecule has 0 aliphatic rings. The second kappa shape index (κ2) is 6.93. The highest BCUT2D eigenvalue weighted by Crippen LogP contribution is 2.35. The highest BCUT2D eigenvalue weighted by atomic mass is 32.2. The number of rotatable bonds is 6. The summed E-state index contributed by atoms with van der Waals surface area (Å²) < 4.78 is 27.3. The van der Waals surface area contributed by atoms with Gasteiger partial charge in [-0.2, -0.15) is 0 Å². The van der Waals surface area contributed by atoms with Crippen molar-refractivity contribution in [2.75, 3.05) is 13.2 Å². The molecule has 0 aliphatic carbocycles. The summed E-state index contributed by atoms with van der Waals surface area (Å²) in [7, 11) is -3.65. The van der Waals surface area contributed by atoms with Crippen molar-refractivity contribution in [2.45, 2.75) is 4.90 Å². The Kier molecular flexibility index (Phi) is 4.87. The Balaban J connectivity index is 1.99. The molecule has 6 nitrogen and oxygen atoms in total. The molecule has 130 valence electrons. The standard InChI is InChI=1S/C17H15NO5S2/c19-8-7-18-25(22,23)13-4-1-11(2-5-13)15-10-24-16-6-3-12(17(20)21)9-14(15)16/h1-6,9-10,18-19H,7-8H2,(H,20,21). The Hall–Kier alpha value is -2.26. The number of aliphatic hydroxyl groups excluding tert-OH is 1. The lowest BCUT2D eigenvalue weighted by atomic mass is 10.0. The molecule has 0 bridgehead atoms. The fraction of sp³-hybridized carbons (Fsp3) is 0.118. The van der Waals surface area contributed by atoms with Crippen LogP contribution in [-0.4, -0.2) is 37.8 Å². The van der Waals surface area contributed by atoms with Crippen molar-refractivity contribution in [3.05, 3.63) is 53.4 Å². The molecule has 0 amide bonds. The average Bonchev–Trinajstić information content (AvgIpc) is 3.03. The molecule has 3 aromatic rings. The van der Waals surface area contributed by atoms with E-state index in [9.17, 15) is 13.2 Å². The molecular formula is C17H15NO5S2. The Bertz CT molecular complexity index is 1020. The Labute approximate surface area is 148 Å². The first-order chi connectivity index (χ1) is 11.9. The van der Waals surface area contributed by atoms with Crippen LogP contribution in [0.25, 0.3) is 21.2 Å². The van der Waals surface area contributed by atoms with E-state index in [0.717, 1.165) is 21.2 Å². The van der Waals surface area contributed by atoms with E-state index in [1.54, 1.807) is 30.3 Å². The van der Waals surface area contributed by atoms with Gasteiger partial charge < -0.3 is 10.2 Å². The van der Waals surface area contributed by atoms with Crippen LogP contribution < -0.4 is 4.72 Å². The van der Waals surface area contributed by atoms with Crippen LogP contribution in [0, 0.1) is 0 Å². The number of hydrogen-bond donors (Lipinski definition) is 3. The minimum absolute atomic E-state index is 0.0444. The van der Waals surface area contributed by atoms with Crippen molar-refractivity contribution in [2.24, 2.45) is 0 Å². The molecule has 0 unspecified atom stereocenters. The van der Waals surface area contributed by atoms with Gasteiger partial charge in [0.05, 0.1) is 17.1 Å². The van der Waals surface area contributed by atoms with Crippen LogP contribution in [0.5, 0.6) is 0 Å². The van der Waals surface area contributed by atoms with E-state index in [2.05, 4.69) is 4.72 Å². The van der Waals surface area contributed by atoms with E-state index in [1.165, 1.54) is 23.5 Å². The lowest BCUT2D eigenvalue weighted by Crippen LogP contribution is -2.26. The van der Waals surface area contributed by atoms with E-state index >= 15 is 0 Å². The molecule has 2 aromatic carbocycles. The molecule has 0 saturated heterocycles. The van der Waals surface area contributed by atoms with Gasteiger partial charge >= 0.3 is 5.97 Å². The highest BCUT2D eigenvalue weighted by molar-refractivity contribution is 7.89. The smallest absolute Gasteiger partial charge is 0.335 e. The number of sulfonamides is 1. The number of aromatic carboxylic acids is 1. The number of carboxylic acid groups (broad SMARTS) is 1. The van der Waals surface area contributed by atoms with Crippen LogP contribution in [0.2, 0.25) is 0 Å². The summed E-state index contributed by atoms with van der Waals surface area (Å²) in [5.41, 5.74) is 1.87. The van der Waals surface area contributed by atoms with Crippen molar-refractivity contribution < 1.29 is 23.4 Å². The number of aliphatic hydroxyl groups is 1. The van der Waals surface area contributed by atoms with Crippen molar-refractivity contribution in [3.63, 3.8) is 0 Å². The third-order valence-corrected chi connectivity index (χ3v) is 6.14. The minimum Gasteiger partial charge on any atom is -0.478 e. The van der Waals surface area contributed by atoms with Gasteiger partial charge in [-0.05, 0) is 41.3 Å². The number of hydrogen-bond acceptors (Lipinski definition) is 5. The topological polar surface area (TPSA) is 104 Å². The van der Waals surface area contributed by atoms with Crippen LogP contribution in [-0.2, 0) is 10.0 Å². The van der Waals surface area contributed by atoms with Gasteiger partial charge in [-0.1, -0.05) is 12.1 Å². The number of carboxylic acids is 1. The van der Waals surface area contributed by atoms with E-state index in [0.29, 0.717) is 0 Å². The summed E-state index contributed by atoms with van der Waals surface area (Å²) in [6.07, 6.45) is 0. The SMILES string of the molecule is O=C(O)c1ccc2scc(-c3ccc(S(=O)(=O)NCCO)cc3)c2c1. The first-order valence-electron chi connectivity index (χ1n) is 7.38. The maximum absolute atomic E-state index is 12.0. The zero-order valence-electron chi connectivity index (χ0n) is 13.0. The molecule has 0 spiro atoms. The summed E-state index contributed by atoms with van der Waals surface area (Å²) in [6.45, 7) is -0.318. The van der Waals surface area contributed by atoms with E-state index in [4.69, 9.17) is 10.2 Å². The van der Waals surface area contributed by atoms with Gasteiger partial charge in [-0.25, -0.2) is 17.9 Å². The predicted molar refractivity (Wildman–Crippen MR) is 96.5 cm³/mol. The summed E-state index contributed by atoms with van der Waals surface area (Å²) in [5, 5.41) is 20.6. The van der Waals surface area contributed by atoms with Gasteiger partial charge in [0.15, 0.2) is 0 Å². The van der Waals surface area contributed by atoms with E-state index in [-0.39, 0.29) is 23.6 Å². The lowest BCUT2D eigenvalue weighted by molar-refractivity contribution is 0.0697.